The van der Waals surface area contributed by atoms with E-state index in [9.17, 15) is 0 Å². The summed E-state index contributed by atoms with van der Waals surface area (Å²) in [6, 6.07) is 6.19. The summed E-state index contributed by atoms with van der Waals surface area (Å²) in [5, 5.41) is 8.11. The molecule has 10 heteroatoms. The van der Waals surface area contributed by atoms with Crippen LogP contribution in [-0.2, 0) is 13.5 Å². The van der Waals surface area contributed by atoms with Crippen molar-refractivity contribution in [1.29, 1.82) is 0 Å². The highest BCUT2D eigenvalue weighted by Crippen LogP contribution is 2.29. The van der Waals surface area contributed by atoms with E-state index in [-0.39, 0.29) is 5.11 Å². The van der Waals surface area contributed by atoms with Crippen LogP contribution in [-0.4, -0.2) is 68.5 Å². The zero-order chi connectivity index (χ0) is 24.2. The number of benzene rings is 1. The number of rotatable bonds is 7. The number of imidazole rings is 1. The molecular formula is C24H27ClN8S. The number of pyridine rings is 1. The standard InChI is InChI=1S/C24H27ClN8S/c1-27-7-6-16-9-19-17(12-29-33(24(26)34)14-18-5-4-8-31(18)2)10-22(23-13-28-15-32(23)3)30-21(19)11-20(16)25/h9-13,15,18H,4-8,14H2,2-3H3,(H2,26,34). The van der Waals surface area contributed by atoms with Crippen molar-refractivity contribution >= 4 is 46.0 Å². The van der Waals surface area contributed by atoms with Crippen molar-refractivity contribution in [3.8, 4) is 11.4 Å². The molecule has 176 valence electrons. The Morgan fingerprint density at radius 2 is 2.24 bits per heavy atom. The molecular weight excluding hydrogens is 468 g/mol. The van der Waals surface area contributed by atoms with Crippen molar-refractivity contribution in [3.05, 3.63) is 58.3 Å². The quantitative estimate of drug-likeness (QED) is 0.233. The van der Waals surface area contributed by atoms with E-state index in [1.54, 1.807) is 23.7 Å². The first kappa shape index (κ1) is 24.1. The van der Waals surface area contributed by atoms with Gasteiger partial charge in [-0.3, -0.25) is 0 Å². The van der Waals surface area contributed by atoms with E-state index in [2.05, 4.69) is 26.9 Å². The minimum atomic E-state index is 0.238. The third kappa shape index (κ3) is 5.20. The molecule has 4 rings (SSSR count). The molecule has 2 N–H and O–H groups in total. The smallest absolute Gasteiger partial charge is 0.218 e. The van der Waals surface area contributed by atoms with Gasteiger partial charge >= 0.3 is 0 Å². The fourth-order valence-corrected chi connectivity index (χ4v) is 4.64. The highest BCUT2D eigenvalue weighted by molar-refractivity contribution is 7.80. The molecule has 0 radical (unpaired) electrons. The molecule has 0 bridgehead atoms. The molecule has 1 saturated heterocycles. The van der Waals surface area contributed by atoms with Crippen LogP contribution >= 0.6 is 23.8 Å². The van der Waals surface area contributed by atoms with Crippen LogP contribution in [0.1, 0.15) is 24.0 Å². The summed E-state index contributed by atoms with van der Waals surface area (Å²) in [5.41, 5.74) is 10.2. The lowest BCUT2D eigenvalue weighted by Crippen LogP contribution is -2.41. The number of likely N-dealkylation sites (N-methyl/N-ethyl adjacent to an activating group) is 1. The van der Waals surface area contributed by atoms with Gasteiger partial charge in [-0.25, -0.2) is 21.5 Å². The number of fused-ring (bicyclic) bond motifs is 1. The van der Waals surface area contributed by atoms with E-state index >= 15 is 0 Å². The van der Waals surface area contributed by atoms with E-state index in [0.29, 0.717) is 30.6 Å². The van der Waals surface area contributed by atoms with Gasteiger partial charge in [0.2, 0.25) is 6.54 Å². The summed E-state index contributed by atoms with van der Waals surface area (Å²) in [5.74, 6) is 0. The van der Waals surface area contributed by atoms with Crippen molar-refractivity contribution < 1.29 is 0 Å². The summed E-state index contributed by atoms with van der Waals surface area (Å²) in [7, 11) is 4.04. The van der Waals surface area contributed by atoms with Crippen molar-refractivity contribution in [1.82, 2.24) is 24.4 Å². The predicted octanol–water partition coefficient (Wildman–Crippen LogP) is 3.72. The Hall–Kier alpha value is -3.06. The molecule has 0 saturated carbocycles. The van der Waals surface area contributed by atoms with Gasteiger partial charge in [0.1, 0.15) is 0 Å². The number of likely N-dealkylation sites (tertiary alicyclic amines) is 1. The second kappa shape index (κ2) is 10.5. The van der Waals surface area contributed by atoms with Gasteiger partial charge in [-0.1, -0.05) is 11.6 Å². The van der Waals surface area contributed by atoms with E-state index < -0.39 is 0 Å². The summed E-state index contributed by atoms with van der Waals surface area (Å²) >= 11 is 11.8. The predicted molar refractivity (Wildman–Crippen MR) is 141 cm³/mol. The summed E-state index contributed by atoms with van der Waals surface area (Å²) in [6.07, 6.45) is 8.13. The maximum absolute atomic E-state index is 7.12. The van der Waals surface area contributed by atoms with Gasteiger partial charge < -0.3 is 20.0 Å². The molecule has 1 fully saturated rings. The maximum atomic E-state index is 7.12. The summed E-state index contributed by atoms with van der Waals surface area (Å²) in [6.45, 7) is 9.20. The molecule has 3 aromatic rings. The molecule has 1 aliphatic rings. The molecule has 0 spiro atoms. The first-order chi connectivity index (χ1) is 16.4. The highest BCUT2D eigenvalue weighted by Gasteiger charge is 2.24. The third-order valence-electron chi connectivity index (χ3n) is 6.23. The second-order valence-electron chi connectivity index (χ2n) is 8.52. The Kier molecular flexibility index (Phi) is 7.41. The summed E-state index contributed by atoms with van der Waals surface area (Å²) in [4.78, 5) is 14.8. The number of nitrogens with zero attached hydrogens (tertiary/aromatic N) is 7. The second-order valence-corrected chi connectivity index (χ2v) is 9.35. The molecule has 0 amide bonds. The molecule has 0 aliphatic carbocycles. The Balaban J connectivity index is 1.78. The van der Waals surface area contributed by atoms with Crippen LogP contribution in [0.3, 0.4) is 0 Å². The van der Waals surface area contributed by atoms with Crippen molar-refractivity contribution in [2.24, 2.45) is 17.9 Å². The van der Waals surface area contributed by atoms with Gasteiger partial charge in [0, 0.05) is 35.5 Å². The first-order valence-electron chi connectivity index (χ1n) is 11.1. The van der Waals surface area contributed by atoms with Crippen LogP contribution < -0.4 is 5.73 Å². The van der Waals surface area contributed by atoms with Crippen LogP contribution in [0.15, 0.2) is 35.8 Å². The van der Waals surface area contributed by atoms with E-state index in [4.69, 9.17) is 41.1 Å². The summed E-state index contributed by atoms with van der Waals surface area (Å²) < 4.78 is 1.91. The van der Waals surface area contributed by atoms with Crippen molar-refractivity contribution in [2.75, 3.05) is 26.7 Å². The fourth-order valence-electron chi connectivity index (χ4n) is 4.26. The zero-order valence-corrected chi connectivity index (χ0v) is 20.9. The molecule has 34 heavy (non-hydrogen) atoms. The van der Waals surface area contributed by atoms with Gasteiger partial charge in [-0.05, 0) is 62.4 Å². The zero-order valence-electron chi connectivity index (χ0n) is 19.3. The minimum Gasteiger partial charge on any atom is -0.375 e. The van der Waals surface area contributed by atoms with Crippen LogP contribution in [0.2, 0.25) is 5.02 Å². The number of aromatic nitrogens is 3. The lowest BCUT2D eigenvalue weighted by Gasteiger charge is -2.25. The lowest BCUT2D eigenvalue weighted by atomic mass is 10.0. The van der Waals surface area contributed by atoms with E-state index in [0.717, 1.165) is 52.8 Å². The lowest BCUT2D eigenvalue weighted by molar-refractivity contribution is 0.256. The molecule has 1 aromatic carbocycles. The number of hydrazone groups is 1. The molecule has 8 nitrogen and oxygen atoms in total. The Morgan fingerprint density at radius 1 is 1.41 bits per heavy atom. The average Bonchev–Trinajstić information content (AvgIpc) is 3.42. The van der Waals surface area contributed by atoms with Gasteiger partial charge in [0.25, 0.3) is 0 Å². The Bertz CT molecular complexity index is 1280. The number of hydrogen-bond acceptors (Lipinski definition) is 5. The van der Waals surface area contributed by atoms with Gasteiger partial charge in [0.05, 0.1) is 42.2 Å². The van der Waals surface area contributed by atoms with E-state index in [1.807, 2.05) is 29.8 Å². The maximum Gasteiger partial charge on any atom is 0.218 e. The fraction of sp³-hybridized carbons (Fsp3) is 0.375. The molecule has 1 atom stereocenters. The molecule has 1 unspecified atom stereocenters. The number of nitrogens with two attached hydrogens (primary N) is 1. The van der Waals surface area contributed by atoms with Crippen LogP contribution in [0, 0.1) is 6.57 Å². The molecule has 1 aliphatic heterocycles. The SMILES string of the molecule is [C-]#[N+]CCc1cc2c(C=NN(CC3CCCN3C)C(N)=S)cc(-c3cncn3C)nc2cc1Cl. The molecule has 3 heterocycles. The van der Waals surface area contributed by atoms with Gasteiger partial charge in [-0.15, -0.1) is 0 Å². The average molecular weight is 495 g/mol. The topological polar surface area (TPSA) is 79.9 Å². The minimum absolute atomic E-state index is 0.238. The number of aryl methyl sites for hydroxylation is 1. The number of thiocarbonyl (C=S) groups is 1. The highest BCUT2D eigenvalue weighted by atomic mass is 35.5. The van der Waals surface area contributed by atoms with Crippen LogP contribution in [0.5, 0.6) is 0 Å². The largest absolute Gasteiger partial charge is 0.375 e. The van der Waals surface area contributed by atoms with Crippen LogP contribution in [0.4, 0.5) is 0 Å². The third-order valence-corrected chi connectivity index (χ3v) is 6.79. The van der Waals surface area contributed by atoms with Crippen LogP contribution in [0.25, 0.3) is 27.1 Å². The van der Waals surface area contributed by atoms with Gasteiger partial charge in [-0.2, -0.15) is 5.10 Å². The van der Waals surface area contributed by atoms with Crippen molar-refractivity contribution in [3.63, 3.8) is 0 Å². The molecule has 2 aromatic heterocycles. The normalized spacial score (nSPS) is 16.4. The first-order valence-corrected chi connectivity index (χ1v) is 11.9. The number of hydrogen-bond donors (Lipinski definition) is 1. The van der Waals surface area contributed by atoms with Crippen molar-refractivity contribution in [2.45, 2.75) is 25.3 Å². The number of halogens is 1. The Labute approximate surface area is 209 Å². The monoisotopic (exact) mass is 494 g/mol. The van der Waals surface area contributed by atoms with E-state index in [1.165, 1.54) is 0 Å². The Morgan fingerprint density at radius 3 is 2.88 bits per heavy atom. The van der Waals surface area contributed by atoms with Gasteiger partial charge in [0.15, 0.2) is 5.11 Å².